The van der Waals surface area contributed by atoms with E-state index in [0.29, 0.717) is 5.69 Å². The van der Waals surface area contributed by atoms with Gasteiger partial charge in [0.2, 0.25) is 0 Å². The normalized spacial score (nSPS) is 10.2. The lowest BCUT2D eigenvalue weighted by atomic mass is 10.1. The van der Waals surface area contributed by atoms with Gasteiger partial charge in [-0.25, -0.2) is 9.18 Å². The number of nitrogen functional groups attached to an aromatic ring is 1. The van der Waals surface area contributed by atoms with Gasteiger partial charge in [0.1, 0.15) is 5.82 Å². The van der Waals surface area contributed by atoms with Gasteiger partial charge in [-0.1, -0.05) is 6.07 Å². The number of rotatable bonds is 3. The van der Waals surface area contributed by atoms with Crippen molar-refractivity contribution in [2.24, 2.45) is 0 Å². The highest BCUT2D eigenvalue weighted by Crippen LogP contribution is 2.25. The molecule has 0 unspecified atom stereocenters. The molecule has 2 aromatic carbocycles. The van der Waals surface area contributed by atoms with Gasteiger partial charge in [0, 0.05) is 12.6 Å². The van der Waals surface area contributed by atoms with Crippen LogP contribution in [0.2, 0.25) is 0 Å². The average molecular weight is 288 g/mol. The fraction of sp³-hybridized carbons (Fsp3) is 0.0667. The van der Waals surface area contributed by atoms with E-state index in [0.717, 1.165) is 6.07 Å². The summed E-state index contributed by atoms with van der Waals surface area (Å²) >= 11 is 0. The zero-order chi connectivity index (χ0) is 15.6. The number of carboxylic acids is 1. The second-order valence-electron chi connectivity index (χ2n) is 4.45. The maximum absolute atomic E-state index is 13.2. The molecule has 0 spiro atoms. The van der Waals surface area contributed by atoms with E-state index in [1.165, 1.54) is 48.3 Å². The summed E-state index contributed by atoms with van der Waals surface area (Å²) in [6.45, 7) is 0. The highest BCUT2D eigenvalue weighted by Gasteiger charge is 2.17. The Morgan fingerprint density at radius 1 is 1.14 bits per heavy atom. The molecular formula is C15H13FN2O3. The largest absolute Gasteiger partial charge is 0.478 e. The van der Waals surface area contributed by atoms with Gasteiger partial charge in [0.25, 0.3) is 5.91 Å². The summed E-state index contributed by atoms with van der Waals surface area (Å²) < 4.78 is 13.2. The van der Waals surface area contributed by atoms with Crippen molar-refractivity contribution >= 4 is 23.3 Å². The number of hydrogen-bond donors (Lipinski definition) is 2. The van der Waals surface area contributed by atoms with Gasteiger partial charge >= 0.3 is 5.97 Å². The van der Waals surface area contributed by atoms with Crippen LogP contribution in [-0.2, 0) is 0 Å². The van der Waals surface area contributed by atoms with E-state index in [4.69, 9.17) is 10.8 Å². The fourth-order valence-electron chi connectivity index (χ4n) is 1.92. The first-order valence-corrected chi connectivity index (χ1v) is 6.06. The molecule has 2 rings (SSSR count). The lowest BCUT2D eigenvalue weighted by Gasteiger charge is -2.19. The average Bonchev–Trinajstić information content (AvgIpc) is 2.45. The number of carboxylic acid groups (broad SMARTS) is 1. The molecule has 0 heterocycles. The Balaban J connectivity index is 2.33. The van der Waals surface area contributed by atoms with Crippen molar-refractivity contribution in [1.82, 2.24) is 0 Å². The van der Waals surface area contributed by atoms with Gasteiger partial charge in [0.15, 0.2) is 0 Å². The molecule has 0 atom stereocenters. The highest BCUT2D eigenvalue weighted by atomic mass is 19.1. The van der Waals surface area contributed by atoms with E-state index in [9.17, 15) is 14.0 Å². The summed E-state index contributed by atoms with van der Waals surface area (Å²) in [6.07, 6.45) is 0. The summed E-state index contributed by atoms with van der Waals surface area (Å²) in [6, 6.07) is 9.36. The zero-order valence-corrected chi connectivity index (χ0v) is 11.2. The SMILES string of the molecule is CN(C(=O)c1cccc(F)c1)c1ccc(C(=O)O)cc1N. The van der Waals surface area contributed by atoms with Gasteiger partial charge in [-0.2, -0.15) is 0 Å². The van der Waals surface area contributed by atoms with Crippen LogP contribution in [0.1, 0.15) is 20.7 Å². The highest BCUT2D eigenvalue weighted by molar-refractivity contribution is 6.07. The van der Waals surface area contributed by atoms with Crippen LogP contribution < -0.4 is 10.6 Å². The smallest absolute Gasteiger partial charge is 0.335 e. The molecule has 0 aliphatic heterocycles. The molecule has 5 nitrogen and oxygen atoms in total. The molecule has 0 bridgehead atoms. The molecule has 108 valence electrons. The fourth-order valence-corrected chi connectivity index (χ4v) is 1.92. The summed E-state index contributed by atoms with van der Waals surface area (Å²) in [5, 5.41) is 8.88. The molecule has 0 radical (unpaired) electrons. The van der Waals surface area contributed by atoms with Crippen molar-refractivity contribution < 1.29 is 19.1 Å². The summed E-state index contributed by atoms with van der Waals surface area (Å²) in [4.78, 5) is 24.4. The Hall–Kier alpha value is -2.89. The van der Waals surface area contributed by atoms with Crippen molar-refractivity contribution in [3.63, 3.8) is 0 Å². The van der Waals surface area contributed by atoms with E-state index >= 15 is 0 Å². The Morgan fingerprint density at radius 3 is 2.43 bits per heavy atom. The molecule has 3 N–H and O–H groups in total. The summed E-state index contributed by atoms with van der Waals surface area (Å²) in [5.41, 5.74) is 6.50. The number of carbonyl (C=O) groups is 2. The number of aromatic carboxylic acids is 1. The standard InChI is InChI=1S/C15H13FN2O3/c1-18(14(19)9-3-2-4-11(16)7-9)13-6-5-10(15(20)21)8-12(13)17/h2-8H,17H2,1H3,(H,20,21). The monoisotopic (exact) mass is 288 g/mol. The van der Waals surface area contributed by atoms with E-state index < -0.39 is 17.7 Å². The number of nitrogens with zero attached hydrogens (tertiary/aromatic N) is 1. The number of carbonyl (C=O) groups excluding carboxylic acids is 1. The molecule has 0 saturated heterocycles. The molecule has 6 heteroatoms. The molecule has 2 aromatic rings. The summed E-state index contributed by atoms with van der Waals surface area (Å²) in [7, 11) is 1.49. The third-order valence-electron chi connectivity index (χ3n) is 3.01. The molecular weight excluding hydrogens is 275 g/mol. The molecule has 0 aliphatic rings. The van der Waals surface area contributed by atoms with Crippen molar-refractivity contribution in [2.75, 3.05) is 17.7 Å². The van der Waals surface area contributed by atoms with Gasteiger partial charge in [0.05, 0.1) is 16.9 Å². The zero-order valence-electron chi connectivity index (χ0n) is 11.2. The summed E-state index contributed by atoms with van der Waals surface area (Å²) in [5.74, 6) is -2.06. The number of benzene rings is 2. The van der Waals surface area contributed by atoms with Crippen LogP contribution in [0.4, 0.5) is 15.8 Å². The first-order chi connectivity index (χ1) is 9.90. The van der Waals surface area contributed by atoms with Crippen molar-refractivity contribution in [3.8, 4) is 0 Å². The topological polar surface area (TPSA) is 83.6 Å². The number of amides is 1. The number of hydrogen-bond acceptors (Lipinski definition) is 3. The van der Waals surface area contributed by atoms with Gasteiger partial charge in [-0.05, 0) is 36.4 Å². The van der Waals surface area contributed by atoms with Crippen molar-refractivity contribution in [2.45, 2.75) is 0 Å². The van der Waals surface area contributed by atoms with Crippen LogP contribution in [0.15, 0.2) is 42.5 Å². The minimum atomic E-state index is -1.10. The maximum Gasteiger partial charge on any atom is 0.335 e. The Labute approximate surface area is 120 Å². The predicted molar refractivity (Wildman–Crippen MR) is 76.9 cm³/mol. The van der Waals surface area contributed by atoms with Gasteiger partial charge in [-0.3, -0.25) is 4.79 Å². The Kier molecular flexibility index (Phi) is 3.89. The van der Waals surface area contributed by atoms with Crippen LogP contribution in [-0.4, -0.2) is 24.0 Å². The van der Waals surface area contributed by atoms with Crippen LogP contribution in [0.25, 0.3) is 0 Å². The maximum atomic E-state index is 13.2. The second-order valence-corrected chi connectivity index (χ2v) is 4.45. The lowest BCUT2D eigenvalue weighted by molar-refractivity contribution is 0.0697. The predicted octanol–water partition coefficient (Wildman–Crippen LogP) is 2.38. The van der Waals surface area contributed by atoms with E-state index in [-0.39, 0.29) is 16.8 Å². The van der Waals surface area contributed by atoms with E-state index in [1.54, 1.807) is 0 Å². The molecule has 1 amide bonds. The van der Waals surface area contributed by atoms with Gasteiger partial charge < -0.3 is 15.7 Å². The Morgan fingerprint density at radius 2 is 1.86 bits per heavy atom. The number of halogens is 1. The lowest BCUT2D eigenvalue weighted by Crippen LogP contribution is -2.27. The first-order valence-electron chi connectivity index (χ1n) is 6.06. The third kappa shape index (κ3) is 3.00. The third-order valence-corrected chi connectivity index (χ3v) is 3.01. The first kappa shape index (κ1) is 14.5. The van der Waals surface area contributed by atoms with Crippen molar-refractivity contribution in [1.29, 1.82) is 0 Å². The van der Waals surface area contributed by atoms with Crippen LogP contribution >= 0.6 is 0 Å². The molecule has 0 aliphatic carbocycles. The molecule has 0 fully saturated rings. The quantitative estimate of drug-likeness (QED) is 0.849. The molecule has 0 saturated carbocycles. The molecule has 0 aromatic heterocycles. The minimum absolute atomic E-state index is 0.0304. The van der Waals surface area contributed by atoms with Crippen LogP contribution in [0, 0.1) is 5.82 Å². The second kappa shape index (κ2) is 5.62. The van der Waals surface area contributed by atoms with Gasteiger partial charge in [-0.15, -0.1) is 0 Å². The van der Waals surface area contributed by atoms with Crippen LogP contribution in [0.3, 0.4) is 0 Å². The minimum Gasteiger partial charge on any atom is -0.478 e. The number of anilines is 2. The Bertz CT molecular complexity index is 716. The molecule has 21 heavy (non-hydrogen) atoms. The van der Waals surface area contributed by atoms with E-state index in [1.807, 2.05) is 0 Å². The van der Waals surface area contributed by atoms with Crippen molar-refractivity contribution in [3.05, 3.63) is 59.4 Å². The van der Waals surface area contributed by atoms with Crippen LogP contribution in [0.5, 0.6) is 0 Å². The number of nitrogens with two attached hydrogens (primary N) is 1. The van der Waals surface area contributed by atoms with E-state index in [2.05, 4.69) is 0 Å².